The van der Waals surface area contributed by atoms with Crippen LogP contribution < -0.4 is 10.6 Å². The number of halogens is 2. The third kappa shape index (κ3) is 4.44. The van der Waals surface area contributed by atoms with E-state index in [0.29, 0.717) is 22.3 Å². The first-order valence-electron chi connectivity index (χ1n) is 6.19. The molecule has 2 amide bonds. The van der Waals surface area contributed by atoms with E-state index in [0.717, 1.165) is 12.0 Å². The molecule has 0 atom stereocenters. The van der Waals surface area contributed by atoms with Crippen LogP contribution >= 0.6 is 23.2 Å². The molecule has 0 spiro atoms. The van der Waals surface area contributed by atoms with E-state index in [1.54, 1.807) is 12.1 Å². The molecule has 0 aliphatic rings. The van der Waals surface area contributed by atoms with Crippen LogP contribution in [0.2, 0.25) is 10.0 Å². The summed E-state index contributed by atoms with van der Waals surface area (Å²) < 4.78 is 0. The van der Waals surface area contributed by atoms with Gasteiger partial charge in [0.2, 0.25) is 0 Å². The van der Waals surface area contributed by atoms with Crippen molar-refractivity contribution in [1.29, 1.82) is 0 Å². The SMILES string of the molecule is O=C(NCCc1ccc(Cl)cc1)Nc1ccccc1Cl. The van der Waals surface area contributed by atoms with Gasteiger partial charge in [0.25, 0.3) is 0 Å². The Kier molecular flexibility index (Phi) is 5.27. The quantitative estimate of drug-likeness (QED) is 0.866. The highest BCUT2D eigenvalue weighted by Crippen LogP contribution is 2.20. The van der Waals surface area contributed by atoms with Gasteiger partial charge in [-0.15, -0.1) is 0 Å². The summed E-state index contributed by atoms with van der Waals surface area (Å²) in [6.07, 6.45) is 0.743. The van der Waals surface area contributed by atoms with E-state index in [1.807, 2.05) is 36.4 Å². The molecule has 0 bridgehead atoms. The van der Waals surface area contributed by atoms with Gasteiger partial charge < -0.3 is 10.6 Å². The van der Waals surface area contributed by atoms with Crippen LogP contribution in [0.1, 0.15) is 5.56 Å². The number of carbonyl (C=O) groups excluding carboxylic acids is 1. The average Bonchev–Trinajstić information content (AvgIpc) is 2.44. The number of hydrogen-bond acceptors (Lipinski definition) is 1. The maximum absolute atomic E-state index is 11.7. The topological polar surface area (TPSA) is 41.1 Å². The molecule has 2 rings (SSSR count). The van der Waals surface area contributed by atoms with E-state index in [-0.39, 0.29) is 6.03 Å². The summed E-state index contributed by atoms with van der Waals surface area (Å²) >= 11 is 11.8. The number of anilines is 1. The molecule has 0 aliphatic heterocycles. The fraction of sp³-hybridized carbons (Fsp3) is 0.133. The van der Waals surface area contributed by atoms with Crippen molar-refractivity contribution in [2.24, 2.45) is 0 Å². The van der Waals surface area contributed by atoms with Gasteiger partial charge in [-0.2, -0.15) is 0 Å². The molecule has 104 valence electrons. The van der Waals surface area contributed by atoms with Crippen LogP contribution in [-0.4, -0.2) is 12.6 Å². The van der Waals surface area contributed by atoms with Gasteiger partial charge >= 0.3 is 6.03 Å². The molecule has 2 aromatic rings. The Hall–Kier alpha value is -1.71. The fourth-order valence-corrected chi connectivity index (χ4v) is 2.01. The van der Waals surface area contributed by atoms with Crippen molar-refractivity contribution in [1.82, 2.24) is 5.32 Å². The zero-order chi connectivity index (χ0) is 14.4. The fourth-order valence-electron chi connectivity index (χ4n) is 1.70. The number of nitrogens with one attached hydrogen (secondary N) is 2. The highest BCUT2D eigenvalue weighted by atomic mass is 35.5. The Morgan fingerprint density at radius 1 is 1.00 bits per heavy atom. The summed E-state index contributed by atoms with van der Waals surface area (Å²) in [5.41, 5.74) is 1.71. The van der Waals surface area contributed by atoms with Crippen molar-refractivity contribution in [2.45, 2.75) is 6.42 Å². The highest BCUT2D eigenvalue weighted by molar-refractivity contribution is 6.33. The molecule has 0 radical (unpaired) electrons. The smallest absolute Gasteiger partial charge is 0.319 e. The van der Waals surface area contributed by atoms with Crippen molar-refractivity contribution in [2.75, 3.05) is 11.9 Å². The standard InChI is InChI=1S/C15H14Cl2N2O/c16-12-7-5-11(6-8-12)9-10-18-15(20)19-14-4-2-1-3-13(14)17/h1-8H,9-10H2,(H2,18,19,20). The second-order valence-corrected chi connectivity index (χ2v) is 5.08. The summed E-state index contributed by atoms with van der Waals surface area (Å²) in [6.45, 7) is 0.540. The van der Waals surface area contributed by atoms with E-state index in [4.69, 9.17) is 23.2 Å². The van der Waals surface area contributed by atoms with Crippen LogP contribution in [-0.2, 0) is 6.42 Å². The monoisotopic (exact) mass is 308 g/mol. The lowest BCUT2D eigenvalue weighted by Crippen LogP contribution is -2.30. The van der Waals surface area contributed by atoms with Gasteiger partial charge in [0, 0.05) is 11.6 Å². The number of rotatable bonds is 4. The number of hydrogen-bond donors (Lipinski definition) is 2. The predicted octanol–water partition coefficient (Wildman–Crippen LogP) is 4.36. The molecule has 0 unspecified atom stereocenters. The zero-order valence-electron chi connectivity index (χ0n) is 10.7. The molecule has 5 heteroatoms. The van der Waals surface area contributed by atoms with Gasteiger partial charge in [-0.05, 0) is 36.2 Å². The van der Waals surface area contributed by atoms with Crippen molar-refractivity contribution in [3.63, 3.8) is 0 Å². The highest BCUT2D eigenvalue weighted by Gasteiger charge is 2.04. The number of carbonyl (C=O) groups is 1. The van der Waals surface area contributed by atoms with Gasteiger partial charge in [0.05, 0.1) is 10.7 Å². The van der Waals surface area contributed by atoms with E-state index < -0.39 is 0 Å². The number of amides is 2. The van der Waals surface area contributed by atoms with Gasteiger partial charge in [0.15, 0.2) is 0 Å². The third-order valence-corrected chi connectivity index (χ3v) is 3.32. The lowest BCUT2D eigenvalue weighted by Gasteiger charge is -2.08. The summed E-state index contributed by atoms with van der Waals surface area (Å²) in [4.78, 5) is 11.7. The Bertz CT molecular complexity index is 585. The minimum atomic E-state index is -0.271. The zero-order valence-corrected chi connectivity index (χ0v) is 12.2. The van der Waals surface area contributed by atoms with Crippen LogP contribution in [0.3, 0.4) is 0 Å². The van der Waals surface area contributed by atoms with Crippen molar-refractivity contribution >= 4 is 34.9 Å². The van der Waals surface area contributed by atoms with Gasteiger partial charge in [-0.25, -0.2) is 4.79 Å². The van der Waals surface area contributed by atoms with Gasteiger partial charge in [-0.3, -0.25) is 0 Å². The minimum absolute atomic E-state index is 0.271. The number of benzene rings is 2. The van der Waals surface area contributed by atoms with E-state index in [2.05, 4.69) is 10.6 Å². The maximum atomic E-state index is 11.7. The largest absolute Gasteiger partial charge is 0.338 e. The number of urea groups is 1. The van der Waals surface area contributed by atoms with Crippen molar-refractivity contribution < 1.29 is 4.79 Å². The van der Waals surface area contributed by atoms with Crippen LogP contribution in [0.5, 0.6) is 0 Å². The first-order valence-corrected chi connectivity index (χ1v) is 6.94. The van der Waals surface area contributed by atoms with Gasteiger partial charge in [0.1, 0.15) is 0 Å². The molecule has 2 aromatic carbocycles. The Morgan fingerprint density at radius 3 is 2.40 bits per heavy atom. The second kappa shape index (κ2) is 7.17. The molecular weight excluding hydrogens is 295 g/mol. The minimum Gasteiger partial charge on any atom is -0.338 e. The number of para-hydroxylation sites is 1. The molecule has 2 N–H and O–H groups in total. The first kappa shape index (κ1) is 14.7. The molecule has 0 saturated heterocycles. The molecule has 0 aromatic heterocycles. The first-order chi connectivity index (χ1) is 9.65. The molecule has 0 saturated carbocycles. The van der Waals surface area contributed by atoms with Crippen LogP contribution in [0.4, 0.5) is 10.5 Å². The average molecular weight is 309 g/mol. The van der Waals surface area contributed by atoms with Gasteiger partial charge in [-0.1, -0.05) is 47.5 Å². The Balaban J connectivity index is 1.78. The molecule has 20 heavy (non-hydrogen) atoms. The van der Waals surface area contributed by atoms with Crippen LogP contribution in [0, 0.1) is 0 Å². The molecule has 0 aliphatic carbocycles. The van der Waals surface area contributed by atoms with E-state index in [1.165, 1.54) is 0 Å². The molecular formula is C15H14Cl2N2O. The Morgan fingerprint density at radius 2 is 1.70 bits per heavy atom. The van der Waals surface area contributed by atoms with Crippen LogP contribution in [0.25, 0.3) is 0 Å². The molecule has 0 heterocycles. The van der Waals surface area contributed by atoms with E-state index in [9.17, 15) is 4.79 Å². The normalized spacial score (nSPS) is 10.1. The summed E-state index contributed by atoms with van der Waals surface area (Å²) in [7, 11) is 0. The molecule has 3 nitrogen and oxygen atoms in total. The maximum Gasteiger partial charge on any atom is 0.319 e. The van der Waals surface area contributed by atoms with Crippen LogP contribution in [0.15, 0.2) is 48.5 Å². The Labute approximate surface area is 127 Å². The lowest BCUT2D eigenvalue weighted by molar-refractivity contribution is 0.252. The summed E-state index contributed by atoms with van der Waals surface area (Å²) in [5.74, 6) is 0. The summed E-state index contributed by atoms with van der Waals surface area (Å²) in [6, 6.07) is 14.4. The van der Waals surface area contributed by atoms with E-state index >= 15 is 0 Å². The summed E-state index contributed by atoms with van der Waals surface area (Å²) in [5, 5.41) is 6.70. The predicted molar refractivity (Wildman–Crippen MR) is 83.6 cm³/mol. The van der Waals surface area contributed by atoms with Crippen molar-refractivity contribution in [3.8, 4) is 0 Å². The lowest BCUT2D eigenvalue weighted by atomic mass is 10.1. The van der Waals surface area contributed by atoms with Crippen molar-refractivity contribution in [3.05, 3.63) is 64.1 Å². The molecule has 0 fully saturated rings. The second-order valence-electron chi connectivity index (χ2n) is 4.24. The third-order valence-electron chi connectivity index (χ3n) is 2.73.